The second-order valence-electron chi connectivity index (χ2n) is 11.5. The van der Waals surface area contributed by atoms with E-state index in [2.05, 4.69) is 16.0 Å². The van der Waals surface area contributed by atoms with Crippen molar-refractivity contribution in [3.8, 4) is 0 Å². The topological polar surface area (TPSA) is 128 Å². The SMILES string of the molecule is CC(=O)NC(C(=O)NC(Cc1ccccc1)C(O)C(=O)N1CSC(C)(C)C1C(=O)NCc1ccccc1C)c1ccccc1. The van der Waals surface area contributed by atoms with Crippen molar-refractivity contribution >= 4 is 35.4 Å². The first-order valence-corrected chi connectivity index (χ1v) is 15.6. The van der Waals surface area contributed by atoms with Crippen molar-refractivity contribution in [3.63, 3.8) is 0 Å². The van der Waals surface area contributed by atoms with Crippen molar-refractivity contribution in [1.29, 1.82) is 0 Å². The molecule has 1 heterocycles. The zero-order valence-electron chi connectivity index (χ0n) is 25.4. The van der Waals surface area contributed by atoms with E-state index in [1.165, 1.54) is 23.6 Å². The standard InChI is InChI=1S/C34H40N4O5S/c1-22-13-11-12-18-26(22)20-35-32(42)30-34(3,4)44-21-38(30)33(43)29(40)27(19-24-14-7-5-8-15-24)37-31(41)28(36-23(2)39)25-16-9-6-10-17-25/h5-18,27-30,40H,19-21H2,1-4H3,(H,35,42)(H,36,39)(H,37,41). The van der Waals surface area contributed by atoms with Crippen LogP contribution < -0.4 is 16.0 Å². The van der Waals surface area contributed by atoms with Gasteiger partial charge < -0.3 is 26.0 Å². The smallest absolute Gasteiger partial charge is 0.254 e. The summed E-state index contributed by atoms with van der Waals surface area (Å²) >= 11 is 1.45. The van der Waals surface area contributed by atoms with Gasteiger partial charge in [0.2, 0.25) is 17.7 Å². The van der Waals surface area contributed by atoms with Crippen molar-refractivity contribution in [3.05, 3.63) is 107 Å². The molecule has 0 radical (unpaired) electrons. The molecule has 0 bridgehead atoms. The van der Waals surface area contributed by atoms with E-state index in [1.807, 2.05) is 75.4 Å². The molecule has 232 valence electrons. The van der Waals surface area contributed by atoms with E-state index in [4.69, 9.17) is 0 Å². The molecule has 0 spiro atoms. The summed E-state index contributed by atoms with van der Waals surface area (Å²) in [7, 11) is 0. The number of aryl methyl sites for hydroxylation is 1. The summed E-state index contributed by atoms with van der Waals surface area (Å²) in [5.74, 6) is -1.74. The first kappa shape index (κ1) is 32.8. The van der Waals surface area contributed by atoms with Gasteiger partial charge in [0.05, 0.1) is 11.9 Å². The molecule has 1 saturated heterocycles. The van der Waals surface area contributed by atoms with E-state index in [-0.39, 0.29) is 18.2 Å². The molecule has 0 saturated carbocycles. The molecule has 1 aliphatic heterocycles. The van der Waals surface area contributed by atoms with Gasteiger partial charge in [0.15, 0.2) is 6.10 Å². The molecule has 4 atom stereocenters. The number of hydrogen-bond acceptors (Lipinski definition) is 6. The van der Waals surface area contributed by atoms with Gasteiger partial charge in [-0.3, -0.25) is 19.2 Å². The van der Waals surface area contributed by atoms with Gasteiger partial charge in [0, 0.05) is 18.2 Å². The van der Waals surface area contributed by atoms with E-state index in [0.29, 0.717) is 12.1 Å². The third-order valence-corrected chi connectivity index (χ3v) is 9.17. The minimum atomic E-state index is -1.66. The van der Waals surface area contributed by atoms with Gasteiger partial charge in [0.25, 0.3) is 5.91 Å². The number of nitrogens with one attached hydrogen (secondary N) is 3. The Bertz CT molecular complexity index is 1470. The predicted molar refractivity (Wildman–Crippen MR) is 171 cm³/mol. The normalized spacial score (nSPS) is 17.7. The zero-order valence-corrected chi connectivity index (χ0v) is 26.3. The lowest BCUT2D eigenvalue weighted by Crippen LogP contribution is -2.59. The Morgan fingerprint density at radius 1 is 0.932 bits per heavy atom. The molecule has 4 N–H and O–H groups in total. The maximum atomic E-state index is 14.0. The first-order chi connectivity index (χ1) is 21.0. The fourth-order valence-electron chi connectivity index (χ4n) is 5.37. The number of thioether (sulfide) groups is 1. The summed E-state index contributed by atoms with van der Waals surface area (Å²) in [6, 6.07) is 22.8. The highest BCUT2D eigenvalue weighted by Crippen LogP contribution is 2.40. The fraction of sp³-hybridized carbons (Fsp3) is 0.353. The van der Waals surface area contributed by atoms with Crippen LogP contribution in [0.3, 0.4) is 0 Å². The van der Waals surface area contributed by atoms with E-state index in [9.17, 15) is 24.3 Å². The van der Waals surface area contributed by atoms with E-state index >= 15 is 0 Å². The van der Waals surface area contributed by atoms with Crippen LogP contribution >= 0.6 is 11.8 Å². The number of nitrogens with zero attached hydrogens (tertiary/aromatic N) is 1. The third-order valence-electron chi connectivity index (χ3n) is 7.79. The molecule has 4 unspecified atom stereocenters. The summed E-state index contributed by atoms with van der Waals surface area (Å²) < 4.78 is -0.618. The van der Waals surface area contributed by atoms with Crippen LogP contribution in [0, 0.1) is 6.92 Å². The number of aliphatic hydroxyl groups excluding tert-OH is 1. The molecule has 4 rings (SSSR count). The molecule has 44 heavy (non-hydrogen) atoms. The number of benzene rings is 3. The molecule has 1 aliphatic rings. The summed E-state index contributed by atoms with van der Waals surface area (Å²) in [5, 5.41) is 20.0. The van der Waals surface area contributed by atoms with Crippen molar-refractivity contribution in [2.24, 2.45) is 0 Å². The molecule has 9 nitrogen and oxygen atoms in total. The average Bonchev–Trinajstić information content (AvgIpc) is 3.33. The lowest BCUT2D eigenvalue weighted by molar-refractivity contribution is -0.148. The maximum absolute atomic E-state index is 14.0. The van der Waals surface area contributed by atoms with E-state index in [0.717, 1.165) is 16.7 Å². The van der Waals surface area contributed by atoms with Gasteiger partial charge in [-0.15, -0.1) is 11.8 Å². The van der Waals surface area contributed by atoms with Crippen molar-refractivity contribution < 1.29 is 24.3 Å². The Kier molecular flexibility index (Phi) is 10.8. The second kappa shape index (κ2) is 14.5. The molecule has 1 fully saturated rings. The fourth-order valence-corrected chi connectivity index (χ4v) is 6.51. The lowest BCUT2D eigenvalue weighted by Gasteiger charge is -2.33. The Hall–Kier alpha value is -4.15. The van der Waals surface area contributed by atoms with Gasteiger partial charge in [-0.05, 0) is 49.4 Å². The highest BCUT2D eigenvalue weighted by molar-refractivity contribution is 8.00. The molecule has 4 amide bonds. The van der Waals surface area contributed by atoms with Gasteiger partial charge in [0.1, 0.15) is 12.1 Å². The second-order valence-corrected chi connectivity index (χ2v) is 13.1. The van der Waals surface area contributed by atoms with Gasteiger partial charge in [-0.2, -0.15) is 0 Å². The van der Waals surface area contributed by atoms with Crippen LogP contribution in [0.25, 0.3) is 0 Å². The summed E-state index contributed by atoms with van der Waals surface area (Å²) in [4.78, 5) is 54.6. The van der Waals surface area contributed by atoms with Crippen LogP contribution in [0.4, 0.5) is 0 Å². The van der Waals surface area contributed by atoms with E-state index < -0.39 is 46.7 Å². The van der Waals surface area contributed by atoms with Crippen molar-refractivity contribution in [1.82, 2.24) is 20.9 Å². The number of rotatable bonds is 11. The van der Waals surface area contributed by atoms with E-state index in [1.54, 1.807) is 30.3 Å². The van der Waals surface area contributed by atoms with Crippen LogP contribution in [-0.4, -0.2) is 62.4 Å². The predicted octanol–water partition coefficient (Wildman–Crippen LogP) is 3.26. The Morgan fingerprint density at radius 3 is 2.18 bits per heavy atom. The van der Waals surface area contributed by atoms with Crippen LogP contribution in [0.15, 0.2) is 84.9 Å². The molecule has 10 heteroatoms. The number of hydrogen-bond donors (Lipinski definition) is 4. The van der Waals surface area contributed by atoms with Gasteiger partial charge in [-0.25, -0.2) is 0 Å². The Morgan fingerprint density at radius 2 is 1.55 bits per heavy atom. The Labute approximate surface area is 262 Å². The molecular weight excluding hydrogens is 576 g/mol. The highest BCUT2D eigenvalue weighted by Gasteiger charge is 2.49. The molecule has 3 aromatic carbocycles. The minimum absolute atomic E-state index is 0.148. The number of aliphatic hydroxyl groups is 1. The summed E-state index contributed by atoms with van der Waals surface area (Å²) in [6.07, 6.45) is -1.51. The van der Waals surface area contributed by atoms with Crippen molar-refractivity contribution in [2.75, 3.05) is 5.88 Å². The number of amides is 4. The average molecular weight is 617 g/mol. The van der Waals surface area contributed by atoms with Crippen LogP contribution in [-0.2, 0) is 32.1 Å². The number of carbonyl (C=O) groups excluding carboxylic acids is 4. The monoisotopic (exact) mass is 616 g/mol. The molecular formula is C34H40N4O5S. The minimum Gasteiger partial charge on any atom is -0.381 e. The Balaban J connectivity index is 1.57. The molecule has 0 aromatic heterocycles. The van der Waals surface area contributed by atoms with Crippen molar-refractivity contribution in [2.45, 2.75) is 69.6 Å². The van der Waals surface area contributed by atoms with Crippen LogP contribution in [0.1, 0.15) is 49.1 Å². The van der Waals surface area contributed by atoms with Gasteiger partial charge >= 0.3 is 0 Å². The maximum Gasteiger partial charge on any atom is 0.254 e. The molecule has 0 aliphatic carbocycles. The number of carbonyl (C=O) groups is 4. The largest absolute Gasteiger partial charge is 0.381 e. The quantitative estimate of drug-likeness (QED) is 0.262. The third kappa shape index (κ3) is 8.06. The first-order valence-electron chi connectivity index (χ1n) is 14.6. The summed E-state index contributed by atoms with van der Waals surface area (Å²) in [6.45, 7) is 7.40. The lowest BCUT2D eigenvalue weighted by atomic mass is 9.96. The highest BCUT2D eigenvalue weighted by atomic mass is 32.2. The summed E-state index contributed by atoms with van der Waals surface area (Å²) in [5.41, 5.74) is 3.37. The molecule has 3 aromatic rings. The van der Waals surface area contributed by atoms with Crippen LogP contribution in [0.5, 0.6) is 0 Å². The van der Waals surface area contributed by atoms with Crippen LogP contribution in [0.2, 0.25) is 0 Å². The zero-order chi connectivity index (χ0) is 31.9. The van der Waals surface area contributed by atoms with Gasteiger partial charge in [-0.1, -0.05) is 84.9 Å².